The van der Waals surface area contributed by atoms with Crippen LogP contribution in [0.4, 0.5) is 0 Å². The van der Waals surface area contributed by atoms with Crippen LogP contribution in [0.5, 0.6) is 0 Å². The van der Waals surface area contributed by atoms with Crippen molar-refractivity contribution >= 4 is 5.97 Å². The summed E-state index contributed by atoms with van der Waals surface area (Å²) in [5.41, 5.74) is 1.20. The number of rotatable bonds is 3. The Balaban J connectivity index is 1.92. The molecule has 0 amide bonds. The molecule has 1 aromatic rings. The number of nitrogens with one attached hydrogen (secondary N) is 1. The minimum Gasteiger partial charge on any atom is -0.481 e. The lowest BCUT2D eigenvalue weighted by Crippen LogP contribution is -2.37. The van der Waals surface area contributed by atoms with E-state index in [2.05, 4.69) is 22.9 Å². The minimum atomic E-state index is -0.646. The number of carboxylic acids is 1. The van der Waals surface area contributed by atoms with Crippen LogP contribution in [-0.4, -0.2) is 34.0 Å². The molecule has 1 saturated heterocycles. The fourth-order valence-electron chi connectivity index (χ4n) is 2.33. The van der Waals surface area contributed by atoms with Gasteiger partial charge in [-0.15, -0.1) is 0 Å². The van der Waals surface area contributed by atoms with Crippen molar-refractivity contribution in [3.63, 3.8) is 0 Å². The maximum Gasteiger partial charge on any atom is 0.306 e. The highest BCUT2D eigenvalue weighted by atomic mass is 16.4. The predicted molar refractivity (Wildman–Crippen MR) is 61.1 cm³/mol. The van der Waals surface area contributed by atoms with Gasteiger partial charge in [-0.1, -0.05) is 0 Å². The highest BCUT2D eigenvalue weighted by Crippen LogP contribution is 2.25. The number of piperidine rings is 1. The van der Waals surface area contributed by atoms with Crippen LogP contribution in [0, 0.1) is 5.92 Å². The third kappa shape index (κ3) is 2.27. The Hall–Kier alpha value is -1.29. The van der Waals surface area contributed by atoms with Gasteiger partial charge in [-0.3, -0.25) is 9.69 Å². The van der Waals surface area contributed by atoms with Gasteiger partial charge in [0.1, 0.15) is 0 Å². The predicted octanol–water partition coefficient (Wildman–Crippen LogP) is 1.87. The van der Waals surface area contributed by atoms with E-state index in [9.17, 15) is 4.79 Å². The standard InChI is InChI=1S/C12H18N2O2/c1-9(11-3-2-6-13-11)14-7-4-10(5-8-14)12(15)16/h2-3,6,9-10,13H,4-5,7-8H2,1H3,(H,15,16)/t9-/m1/s1. The highest BCUT2D eigenvalue weighted by molar-refractivity contribution is 5.70. The number of hydrogen-bond donors (Lipinski definition) is 2. The van der Waals surface area contributed by atoms with Crippen molar-refractivity contribution in [3.05, 3.63) is 24.0 Å². The molecule has 1 aromatic heterocycles. The molecule has 2 N–H and O–H groups in total. The average Bonchev–Trinajstić information content (AvgIpc) is 2.81. The number of nitrogens with zero attached hydrogens (tertiary/aromatic N) is 1. The Morgan fingerprint density at radius 3 is 2.75 bits per heavy atom. The molecular formula is C12H18N2O2. The van der Waals surface area contributed by atoms with Crippen molar-refractivity contribution in [3.8, 4) is 0 Å². The molecule has 1 atom stereocenters. The molecule has 0 spiro atoms. The zero-order chi connectivity index (χ0) is 11.5. The second-order valence-corrected chi connectivity index (χ2v) is 4.45. The summed E-state index contributed by atoms with van der Waals surface area (Å²) in [7, 11) is 0. The zero-order valence-corrected chi connectivity index (χ0v) is 9.52. The van der Waals surface area contributed by atoms with Gasteiger partial charge in [-0.2, -0.15) is 0 Å². The van der Waals surface area contributed by atoms with Crippen LogP contribution in [0.15, 0.2) is 18.3 Å². The van der Waals surface area contributed by atoms with Crippen LogP contribution in [-0.2, 0) is 4.79 Å². The van der Waals surface area contributed by atoms with E-state index in [1.165, 1.54) is 5.69 Å². The Morgan fingerprint density at radius 1 is 1.56 bits per heavy atom. The summed E-state index contributed by atoms with van der Waals surface area (Å²) in [6.07, 6.45) is 3.45. The first-order valence-corrected chi connectivity index (χ1v) is 5.78. The normalized spacial score (nSPS) is 20.8. The Bertz CT molecular complexity index is 340. The van der Waals surface area contributed by atoms with Crippen LogP contribution in [0.25, 0.3) is 0 Å². The van der Waals surface area contributed by atoms with Crippen molar-refractivity contribution in [2.24, 2.45) is 5.92 Å². The summed E-state index contributed by atoms with van der Waals surface area (Å²) in [5.74, 6) is -0.792. The van der Waals surface area contributed by atoms with Crippen molar-refractivity contribution in [1.82, 2.24) is 9.88 Å². The van der Waals surface area contributed by atoms with Crippen LogP contribution in [0.1, 0.15) is 31.5 Å². The second-order valence-electron chi connectivity index (χ2n) is 4.45. The van der Waals surface area contributed by atoms with E-state index in [-0.39, 0.29) is 5.92 Å². The van der Waals surface area contributed by atoms with Crippen LogP contribution < -0.4 is 0 Å². The molecule has 0 bridgehead atoms. The first-order chi connectivity index (χ1) is 7.68. The lowest BCUT2D eigenvalue weighted by Gasteiger charge is -2.34. The lowest BCUT2D eigenvalue weighted by molar-refractivity contribution is -0.143. The van der Waals surface area contributed by atoms with Gasteiger partial charge in [0.15, 0.2) is 0 Å². The quantitative estimate of drug-likeness (QED) is 0.821. The summed E-state index contributed by atoms with van der Waals surface area (Å²) >= 11 is 0. The molecule has 0 aromatic carbocycles. The Kier molecular flexibility index (Phi) is 3.29. The number of aliphatic carboxylic acids is 1. The number of carbonyl (C=O) groups is 1. The van der Waals surface area contributed by atoms with E-state index in [0.29, 0.717) is 6.04 Å². The number of H-pyrrole nitrogens is 1. The van der Waals surface area contributed by atoms with Gasteiger partial charge in [-0.05, 0) is 45.0 Å². The van der Waals surface area contributed by atoms with Crippen molar-refractivity contribution in [1.29, 1.82) is 0 Å². The van der Waals surface area contributed by atoms with E-state index in [1.54, 1.807) is 0 Å². The molecule has 16 heavy (non-hydrogen) atoms. The summed E-state index contributed by atoms with van der Waals surface area (Å²) in [5, 5.41) is 8.92. The molecule has 0 saturated carbocycles. The van der Waals surface area contributed by atoms with Crippen molar-refractivity contribution < 1.29 is 9.90 Å². The summed E-state index contributed by atoms with van der Waals surface area (Å²) in [4.78, 5) is 16.4. The molecule has 0 radical (unpaired) electrons. The SMILES string of the molecule is C[C@H](c1ccc[nH]1)N1CCC(C(=O)O)CC1. The molecule has 2 heterocycles. The fraction of sp³-hybridized carbons (Fsp3) is 0.583. The van der Waals surface area contributed by atoms with Crippen LogP contribution in [0.2, 0.25) is 0 Å². The first kappa shape index (κ1) is 11.2. The van der Waals surface area contributed by atoms with Gasteiger partial charge in [0.05, 0.1) is 5.92 Å². The molecule has 4 nitrogen and oxygen atoms in total. The molecule has 2 rings (SSSR count). The minimum absolute atomic E-state index is 0.146. The van der Waals surface area contributed by atoms with Gasteiger partial charge in [-0.25, -0.2) is 0 Å². The van der Waals surface area contributed by atoms with Gasteiger partial charge >= 0.3 is 5.97 Å². The summed E-state index contributed by atoms with van der Waals surface area (Å²) in [6, 6.07) is 4.42. The largest absolute Gasteiger partial charge is 0.481 e. The van der Waals surface area contributed by atoms with E-state index in [0.717, 1.165) is 25.9 Å². The summed E-state index contributed by atoms with van der Waals surface area (Å²) < 4.78 is 0. The van der Waals surface area contributed by atoms with E-state index in [1.807, 2.05) is 12.3 Å². The van der Waals surface area contributed by atoms with E-state index in [4.69, 9.17) is 5.11 Å². The van der Waals surface area contributed by atoms with Gasteiger partial charge < -0.3 is 10.1 Å². The maximum atomic E-state index is 10.8. The monoisotopic (exact) mass is 222 g/mol. The van der Waals surface area contributed by atoms with Crippen LogP contribution in [0.3, 0.4) is 0 Å². The highest BCUT2D eigenvalue weighted by Gasteiger charge is 2.27. The average molecular weight is 222 g/mol. The number of likely N-dealkylation sites (tertiary alicyclic amines) is 1. The van der Waals surface area contributed by atoms with Gasteiger partial charge in [0.2, 0.25) is 0 Å². The first-order valence-electron chi connectivity index (χ1n) is 5.78. The number of aromatic nitrogens is 1. The topological polar surface area (TPSA) is 56.3 Å². The Labute approximate surface area is 95.3 Å². The van der Waals surface area contributed by atoms with E-state index < -0.39 is 5.97 Å². The van der Waals surface area contributed by atoms with Gasteiger partial charge in [0, 0.05) is 17.9 Å². The number of carboxylic acid groups (broad SMARTS) is 1. The van der Waals surface area contributed by atoms with Gasteiger partial charge in [0.25, 0.3) is 0 Å². The molecule has 0 unspecified atom stereocenters. The molecular weight excluding hydrogens is 204 g/mol. The molecule has 88 valence electrons. The van der Waals surface area contributed by atoms with E-state index >= 15 is 0 Å². The zero-order valence-electron chi connectivity index (χ0n) is 9.52. The van der Waals surface area contributed by atoms with Crippen molar-refractivity contribution in [2.75, 3.05) is 13.1 Å². The molecule has 0 aliphatic carbocycles. The van der Waals surface area contributed by atoms with Crippen molar-refractivity contribution in [2.45, 2.75) is 25.8 Å². The molecule has 4 heteroatoms. The maximum absolute atomic E-state index is 10.8. The lowest BCUT2D eigenvalue weighted by atomic mass is 9.96. The van der Waals surface area contributed by atoms with Crippen LogP contribution >= 0.6 is 0 Å². The molecule has 1 aliphatic rings. The third-order valence-corrected chi connectivity index (χ3v) is 3.50. The number of aromatic amines is 1. The summed E-state index contributed by atoms with van der Waals surface area (Å²) in [6.45, 7) is 3.90. The smallest absolute Gasteiger partial charge is 0.306 e. The second kappa shape index (κ2) is 4.70. The Morgan fingerprint density at radius 2 is 2.25 bits per heavy atom. The molecule has 1 aliphatic heterocycles. The fourth-order valence-corrected chi connectivity index (χ4v) is 2.33. The third-order valence-electron chi connectivity index (χ3n) is 3.50. The molecule has 1 fully saturated rings. The number of hydrogen-bond acceptors (Lipinski definition) is 2.